The predicted molar refractivity (Wildman–Crippen MR) is 83.0 cm³/mol. The normalized spacial score (nSPS) is 10.4. The van der Waals surface area contributed by atoms with Crippen molar-refractivity contribution in [2.45, 2.75) is 19.8 Å². The highest BCUT2D eigenvalue weighted by atomic mass is 35.5. The Morgan fingerprint density at radius 1 is 1.52 bits per heavy atom. The number of nitrogen functional groups attached to an aromatic ring is 1. The van der Waals surface area contributed by atoms with Crippen LogP contribution in [0.3, 0.4) is 0 Å². The minimum atomic E-state index is -0.410. The van der Waals surface area contributed by atoms with Gasteiger partial charge >= 0.3 is 0 Å². The first-order chi connectivity index (χ1) is 10.1. The van der Waals surface area contributed by atoms with Crippen molar-refractivity contribution in [2.75, 3.05) is 18.2 Å². The van der Waals surface area contributed by atoms with Crippen LogP contribution in [-0.4, -0.2) is 23.2 Å². The first kappa shape index (κ1) is 15.2. The third-order valence-corrected chi connectivity index (χ3v) is 3.24. The number of hydrogen-bond acceptors (Lipinski definition) is 4. The minimum Gasteiger partial charge on any atom is -0.495 e. The van der Waals surface area contributed by atoms with Crippen LogP contribution in [0.1, 0.15) is 29.5 Å². The highest BCUT2D eigenvalue weighted by Gasteiger charge is 2.18. The van der Waals surface area contributed by atoms with E-state index < -0.39 is 5.91 Å². The monoisotopic (exact) mass is 308 g/mol. The number of ether oxygens (including phenoxy) is 1. The number of carbonyl (C=O) groups is 1. The molecule has 1 amide bonds. The maximum Gasteiger partial charge on any atom is 0.278 e. The number of methoxy groups -OCH3 is 1. The molecule has 0 aliphatic carbocycles. The van der Waals surface area contributed by atoms with Crippen LogP contribution in [0.4, 0.5) is 11.4 Å². The lowest BCUT2D eigenvalue weighted by atomic mass is 10.2. The molecule has 0 unspecified atom stereocenters. The van der Waals surface area contributed by atoms with Gasteiger partial charge in [0.1, 0.15) is 5.75 Å². The molecule has 0 fully saturated rings. The van der Waals surface area contributed by atoms with Gasteiger partial charge in [0.05, 0.1) is 24.2 Å². The number of aromatic nitrogens is 2. The molecule has 2 aromatic rings. The van der Waals surface area contributed by atoms with Gasteiger partial charge in [-0.05, 0) is 24.6 Å². The molecule has 7 heteroatoms. The summed E-state index contributed by atoms with van der Waals surface area (Å²) in [5.74, 6) is 0.0994. The predicted octanol–water partition coefficient (Wildman–Crippen LogP) is 2.86. The summed E-state index contributed by atoms with van der Waals surface area (Å²) in [5, 5.41) is 9.96. The van der Waals surface area contributed by atoms with Crippen molar-refractivity contribution < 1.29 is 9.53 Å². The summed E-state index contributed by atoms with van der Waals surface area (Å²) in [6.45, 7) is 2.02. The van der Waals surface area contributed by atoms with Crippen molar-refractivity contribution in [2.24, 2.45) is 0 Å². The third kappa shape index (κ3) is 3.28. The van der Waals surface area contributed by atoms with Crippen LogP contribution in [0.2, 0.25) is 5.02 Å². The fourth-order valence-electron chi connectivity index (χ4n) is 1.96. The Bertz CT molecular complexity index is 654. The lowest BCUT2D eigenvalue weighted by Crippen LogP contribution is -2.15. The van der Waals surface area contributed by atoms with Gasteiger partial charge in [-0.3, -0.25) is 9.89 Å². The topological polar surface area (TPSA) is 93.0 Å². The largest absolute Gasteiger partial charge is 0.495 e. The number of aromatic amines is 1. The number of amides is 1. The first-order valence-electron chi connectivity index (χ1n) is 6.54. The molecule has 0 saturated heterocycles. The SMILES string of the molecule is CCCc1[nH]nc(C(=O)Nc2cc(Cl)ccc2OC)c1N. The van der Waals surface area contributed by atoms with Gasteiger partial charge in [0, 0.05) is 5.02 Å². The quantitative estimate of drug-likeness (QED) is 0.791. The summed E-state index contributed by atoms with van der Waals surface area (Å²) in [6.07, 6.45) is 1.65. The molecule has 1 heterocycles. The number of aryl methyl sites for hydroxylation is 1. The number of nitrogens with zero attached hydrogens (tertiary/aromatic N) is 1. The molecule has 0 radical (unpaired) electrons. The molecule has 6 nitrogen and oxygen atoms in total. The van der Waals surface area contributed by atoms with E-state index in [1.807, 2.05) is 6.92 Å². The number of rotatable bonds is 5. The number of halogens is 1. The molecule has 0 saturated carbocycles. The zero-order chi connectivity index (χ0) is 15.4. The second-order valence-electron chi connectivity index (χ2n) is 4.51. The Balaban J connectivity index is 2.24. The Morgan fingerprint density at radius 2 is 2.29 bits per heavy atom. The summed E-state index contributed by atoms with van der Waals surface area (Å²) in [4.78, 5) is 12.3. The van der Waals surface area contributed by atoms with Gasteiger partial charge < -0.3 is 15.8 Å². The van der Waals surface area contributed by atoms with E-state index in [0.717, 1.165) is 18.5 Å². The van der Waals surface area contributed by atoms with E-state index in [-0.39, 0.29) is 5.69 Å². The van der Waals surface area contributed by atoms with Crippen LogP contribution >= 0.6 is 11.6 Å². The fourth-order valence-corrected chi connectivity index (χ4v) is 2.13. The van der Waals surface area contributed by atoms with E-state index in [1.54, 1.807) is 18.2 Å². The van der Waals surface area contributed by atoms with E-state index in [0.29, 0.717) is 22.1 Å². The summed E-state index contributed by atoms with van der Waals surface area (Å²) in [6, 6.07) is 4.96. The number of carbonyl (C=O) groups excluding carboxylic acids is 1. The Kier molecular flexibility index (Phi) is 4.70. The van der Waals surface area contributed by atoms with Gasteiger partial charge in [-0.15, -0.1) is 0 Å². The molecular weight excluding hydrogens is 292 g/mol. The number of anilines is 2. The van der Waals surface area contributed by atoms with Crippen LogP contribution in [0.15, 0.2) is 18.2 Å². The molecular formula is C14H17ClN4O2. The van der Waals surface area contributed by atoms with E-state index in [9.17, 15) is 4.79 Å². The average Bonchev–Trinajstić information content (AvgIpc) is 2.81. The molecule has 0 aliphatic heterocycles. The summed E-state index contributed by atoms with van der Waals surface area (Å²) in [5.41, 5.74) is 7.70. The molecule has 0 spiro atoms. The zero-order valence-corrected chi connectivity index (χ0v) is 12.6. The van der Waals surface area contributed by atoms with Gasteiger partial charge in [-0.1, -0.05) is 24.9 Å². The van der Waals surface area contributed by atoms with Crippen molar-refractivity contribution in [3.63, 3.8) is 0 Å². The second kappa shape index (κ2) is 6.49. The summed E-state index contributed by atoms with van der Waals surface area (Å²) < 4.78 is 5.18. The standard InChI is InChI=1S/C14H17ClN4O2/c1-3-4-9-12(16)13(19-18-9)14(20)17-10-7-8(15)5-6-11(10)21-2/h5-7H,3-4,16H2,1-2H3,(H,17,20)(H,18,19). The van der Waals surface area contributed by atoms with Crippen LogP contribution < -0.4 is 15.8 Å². The minimum absolute atomic E-state index is 0.167. The van der Waals surface area contributed by atoms with Crippen molar-refractivity contribution in [1.82, 2.24) is 10.2 Å². The van der Waals surface area contributed by atoms with E-state index >= 15 is 0 Å². The number of H-pyrrole nitrogens is 1. The molecule has 1 aromatic heterocycles. The van der Waals surface area contributed by atoms with E-state index in [2.05, 4.69) is 15.5 Å². The van der Waals surface area contributed by atoms with Crippen molar-refractivity contribution in [3.05, 3.63) is 34.6 Å². The third-order valence-electron chi connectivity index (χ3n) is 3.01. The lowest BCUT2D eigenvalue weighted by molar-refractivity contribution is 0.102. The summed E-state index contributed by atoms with van der Waals surface area (Å²) >= 11 is 5.93. The number of nitrogens with one attached hydrogen (secondary N) is 2. The van der Waals surface area contributed by atoms with Crippen molar-refractivity contribution >= 4 is 28.9 Å². The van der Waals surface area contributed by atoms with Gasteiger partial charge in [-0.2, -0.15) is 5.10 Å². The zero-order valence-electron chi connectivity index (χ0n) is 11.9. The second-order valence-corrected chi connectivity index (χ2v) is 4.95. The van der Waals surface area contributed by atoms with Crippen molar-refractivity contribution in [1.29, 1.82) is 0 Å². The van der Waals surface area contributed by atoms with Crippen LogP contribution in [0, 0.1) is 0 Å². The maximum absolute atomic E-state index is 12.3. The number of hydrogen-bond donors (Lipinski definition) is 3. The Morgan fingerprint density at radius 3 is 2.95 bits per heavy atom. The van der Waals surface area contributed by atoms with Crippen LogP contribution in [0.25, 0.3) is 0 Å². The van der Waals surface area contributed by atoms with Gasteiger partial charge in [-0.25, -0.2) is 0 Å². The average molecular weight is 309 g/mol. The molecule has 0 bridgehead atoms. The highest BCUT2D eigenvalue weighted by molar-refractivity contribution is 6.31. The van der Waals surface area contributed by atoms with E-state index in [1.165, 1.54) is 7.11 Å². The van der Waals surface area contributed by atoms with Gasteiger partial charge in [0.25, 0.3) is 5.91 Å². The smallest absolute Gasteiger partial charge is 0.278 e. The molecule has 0 atom stereocenters. The van der Waals surface area contributed by atoms with Gasteiger partial charge in [0.2, 0.25) is 0 Å². The molecule has 1 aromatic carbocycles. The summed E-state index contributed by atoms with van der Waals surface area (Å²) in [7, 11) is 1.52. The number of nitrogens with two attached hydrogens (primary N) is 1. The Hall–Kier alpha value is -2.21. The number of benzene rings is 1. The lowest BCUT2D eigenvalue weighted by Gasteiger charge is -2.09. The van der Waals surface area contributed by atoms with Crippen LogP contribution in [0.5, 0.6) is 5.75 Å². The highest BCUT2D eigenvalue weighted by Crippen LogP contribution is 2.28. The van der Waals surface area contributed by atoms with E-state index in [4.69, 9.17) is 22.1 Å². The Labute approximate surface area is 127 Å². The van der Waals surface area contributed by atoms with Crippen molar-refractivity contribution in [3.8, 4) is 5.75 Å². The maximum atomic E-state index is 12.3. The van der Waals surface area contributed by atoms with Crippen LogP contribution in [-0.2, 0) is 6.42 Å². The first-order valence-corrected chi connectivity index (χ1v) is 6.92. The molecule has 0 aliphatic rings. The molecule has 2 rings (SSSR count). The molecule has 21 heavy (non-hydrogen) atoms. The fraction of sp³-hybridized carbons (Fsp3) is 0.286. The van der Waals surface area contributed by atoms with Gasteiger partial charge in [0.15, 0.2) is 5.69 Å². The molecule has 4 N–H and O–H groups in total. The molecule has 112 valence electrons.